The van der Waals surface area contributed by atoms with Crippen molar-refractivity contribution in [2.45, 2.75) is 0 Å². The van der Waals surface area contributed by atoms with Gasteiger partial charge < -0.3 is 14.9 Å². The van der Waals surface area contributed by atoms with Crippen LogP contribution >= 0.6 is 15.9 Å². The molecule has 6 heteroatoms. The van der Waals surface area contributed by atoms with E-state index in [9.17, 15) is 4.79 Å². The largest absolute Gasteiger partial charge is 0.350 e. The third-order valence-electron chi connectivity index (χ3n) is 3.76. The Bertz CT molecular complexity index is 1020. The number of amides is 1. The maximum atomic E-state index is 12.6. The molecule has 0 aliphatic carbocycles. The minimum absolute atomic E-state index is 0.185. The van der Waals surface area contributed by atoms with Crippen molar-refractivity contribution in [2.24, 2.45) is 0 Å². The van der Waals surface area contributed by atoms with Gasteiger partial charge >= 0.3 is 0 Å². The van der Waals surface area contributed by atoms with Crippen LogP contribution in [-0.4, -0.2) is 20.4 Å². The highest BCUT2D eigenvalue weighted by Gasteiger charge is 2.12. The van der Waals surface area contributed by atoms with E-state index in [0.29, 0.717) is 5.69 Å². The molecular weight excluding hydrogens is 368 g/mol. The maximum absolute atomic E-state index is 12.6. The average molecular weight is 381 g/mol. The van der Waals surface area contributed by atoms with Crippen molar-refractivity contribution >= 4 is 38.4 Å². The lowest BCUT2D eigenvalue weighted by Crippen LogP contribution is -2.13. The first-order valence-corrected chi connectivity index (χ1v) is 8.17. The van der Waals surface area contributed by atoms with Gasteiger partial charge in [-0.05, 0) is 30.3 Å². The zero-order chi connectivity index (χ0) is 16.5. The summed E-state index contributed by atoms with van der Waals surface area (Å²) in [6.45, 7) is 0. The van der Waals surface area contributed by atoms with Gasteiger partial charge in [0.15, 0.2) is 0 Å². The summed E-state index contributed by atoms with van der Waals surface area (Å²) in [5.74, 6) is -0.185. The fourth-order valence-electron chi connectivity index (χ4n) is 2.62. The monoisotopic (exact) mass is 380 g/mol. The quantitative estimate of drug-likeness (QED) is 0.554. The second-order valence-corrected chi connectivity index (χ2v) is 6.27. The van der Waals surface area contributed by atoms with Crippen LogP contribution in [0, 0.1) is 0 Å². The van der Waals surface area contributed by atoms with Gasteiger partial charge in [-0.2, -0.15) is 0 Å². The second kappa shape index (κ2) is 5.98. The fraction of sp³-hybridized carbons (Fsp3) is 0. The molecule has 4 aromatic rings. The van der Waals surface area contributed by atoms with E-state index in [2.05, 4.69) is 31.2 Å². The number of halogens is 1. The molecule has 4 rings (SSSR count). The van der Waals surface area contributed by atoms with E-state index in [0.717, 1.165) is 26.8 Å². The average Bonchev–Trinajstić information content (AvgIpc) is 3.24. The molecule has 2 N–H and O–H groups in total. The molecule has 2 aromatic carbocycles. The van der Waals surface area contributed by atoms with Crippen LogP contribution < -0.4 is 5.32 Å². The Morgan fingerprint density at radius 2 is 2.04 bits per heavy atom. The zero-order valence-electron chi connectivity index (χ0n) is 12.5. The Morgan fingerprint density at radius 1 is 1.17 bits per heavy atom. The summed E-state index contributed by atoms with van der Waals surface area (Å²) in [6.07, 6.45) is 5.24. The number of carbonyl (C=O) groups is 1. The number of hydrogen-bond acceptors (Lipinski definition) is 2. The normalized spacial score (nSPS) is 10.9. The molecule has 0 bridgehead atoms. The van der Waals surface area contributed by atoms with Gasteiger partial charge in [0.25, 0.3) is 5.91 Å². The lowest BCUT2D eigenvalue weighted by molar-refractivity contribution is 0.102. The summed E-state index contributed by atoms with van der Waals surface area (Å²) < 4.78 is 2.83. The van der Waals surface area contributed by atoms with Gasteiger partial charge in [-0.3, -0.25) is 4.79 Å². The molecular formula is C18H13BrN4O. The minimum atomic E-state index is -0.185. The molecule has 0 aliphatic rings. The summed E-state index contributed by atoms with van der Waals surface area (Å²) in [4.78, 5) is 19.8. The standard InChI is InChI=1S/C18H13BrN4O/c19-13-6-5-12-9-16(21-15(12)10-13)18(24)22-14-3-1-2-4-17(14)23-8-7-20-11-23/h1-11,21H,(H,22,24). The first-order valence-electron chi connectivity index (χ1n) is 7.38. The number of para-hydroxylation sites is 2. The Kier molecular flexibility index (Phi) is 3.66. The van der Waals surface area contributed by atoms with Crippen molar-refractivity contribution in [2.75, 3.05) is 5.32 Å². The lowest BCUT2D eigenvalue weighted by atomic mass is 10.2. The van der Waals surface area contributed by atoms with Crippen LogP contribution in [0.25, 0.3) is 16.6 Å². The van der Waals surface area contributed by atoms with Crippen LogP contribution in [0.4, 0.5) is 5.69 Å². The van der Waals surface area contributed by atoms with E-state index in [-0.39, 0.29) is 5.91 Å². The number of nitrogens with zero attached hydrogens (tertiary/aromatic N) is 2. The fourth-order valence-corrected chi connectivity index (χ4v) is 2.98. The van der Waals surface area contributed by atoms with E-state index < -0.39 is 0 Å². The van der Waals surface area contributed by atoms with Gasteiger partial charge in [0, 0.05) is 27.8 Å². The van der Waals surface area contributed by atoms with E-state index in [1.807, 2.05) is 59.3 Å². The summed E-state index contributed by atoms with van der Waals surface area (Å²) in [5, 5.41) is 3.95. The highest BCUT2D eigenvalue weighted by atomic mass is 79.9. The maximum Gasteiger partial charge on any atom is 0.272 e. The van der Waals surface area contributed by atoms with Gasteiger partial charge in [-0.25, -0.2) is 4.98 Å². The van der Waals surface area contributed by atoms with Crippen molar-refractivity contribution in [1.82, 2.24) is 14.5 Å². The predicted molar refractivity (Wildman–Crippen MR) is 97.5 cm³/mol. The highest BCUT2D eigenvalue weighted by Crippen LogP contribution is 2.23. The number of aromatic amines is 1. The number of H-pyrrole nitrogens is 1. The number of aromatic nitrogens is 3. The number of benzene rings is 2. The molecule has 0 radical (unpaired) electrons. The Hall–Kier alpha value is -2.86. The third kappa shape index (κ3) is 2.72. The number of fused-ring (bicyclic) bond motifs is 1. The lowest BCUT2D eigenvalue weighted by Gasteiger charge is -2.10. The third-order valence-corrected chi connectivity index (χ3v) is 4.26. The first kappa shape index (κ1) is 14.7. The van der Waals surface area contributed by atoms with Crippen LogP contribution in [0.2, 0.25) is 0 Å². The SMILES string of the molecule is O=C(Nc1ccccc1-n1ccnc1)c1cc2ccc(Br)cc2[nH]1. The zero-order valence-corrected chi connectivity index (χ0v) is 14.1. The molecule has 0 fully saturated rings. The molecule has 2 heterocycles. The van der Waals surface area contributed by atoms with E-state index in [1.54, 1.807) is 12.5 Å². The number of imidazole rings is 1. The Morgan fingerprint density at radius 3 is 2.88 bits per heavy atom. The predicted octanol–water partition coefficient (Wildman–Crippen LogP) is 4.37. The molecule has 1 amide bonds. The summed E-state index contributed by atoms with van der Waals surface area (Å²) in [6, 6.07) is 15.3. The van der Waals surface area contributed by atoms with Crippen molar-refractivity contribution in [3.63, 3.8) is 0 Å². The number of anilines is 1. The number of nitrogens with one attached hydrogen (secondary N) is 2. The molecule has 2 aromatic heterocycles. The van der Waals surface area contributed by atoms with Crippen molar-refractivity contribution < 1.29 is 4.79 Å². The van der Waals surface area contributed by atoms with Gasteiger partial charge in [0.1, 0.15) is 5.69 Å². The number of hydrogen-bond donors (Lipinski definition) is 2. The van der Waals surface area contributed by atoms with Crippen LogP contribution in [0.1, 0.15) is 10.5 Å². The van der Waals surface area contributed by atoms with E-state index in [4.69, 9.17) is 0 Å². The molecule has 0 unspecified atom stereocenters. The van der Waals surface area contributed by atoms with Gasteiger partial charge in [0.2, 0.25) is 0 Å². The van der Waals surface area contributed by atoms with E-state index >= 15 is 0 Å². The van der Waals surface area contributed by atoms with Crippen molar-refractivity contribution in [1.29, 1.82) is 0 Å². The Labute approximate surface area is 146 Å². The molecule has 0 aliphatic heterocycles. The summed E-state index contributed by atoms with van der Waals surface area (Å²) in [7, 11) is 0. The van der Waals surface area contributed by atoms with Gasteiger partial charge in [-0.15, -0.1) is 0 Å². The van der Waals surface area contributed by atoms with Crippen molar-refractivity contribution in [3.8, 4) is 5.69 Å². The molecule has 0 spiro atoms. The second-order valence-electron chi connectivity index (χ2n) is 5.36. The molecule has 0 atom stereocenters. The molecule has 5 nitrogen and oxygen atoms in total. The smallest absolute Gasteiger partial charge is 0.272 e. The molecule has 0 saturated heterocycles. The highest BCUT2D eigenvalue weighted by molar-refractivity contribution is 9.10. The van der Waals surface area contributed by atoms with Gasteiger partial charge in [0.05, 0.1) is 17.7 Å². The molecule has 24 heavy (non-hydrogen) atoms. The Balaban J connectivity index is 1.66. The van der Waals surface area contributed by atoms with Crippen LogP contribution in [-0.2, 0) is 0 Å². The number of rotatable bonds is 3. The van der Waals surface area contributed by atoms with Crippen LogP contribution in [0.15, 0.2) is 71.7 Å². The molecule has 0 saturated carbocycles. The summed E-state index contributed by atoms with van der Waals surface area (Å²) >= 11 is 3.43. The summed E-state index contributed by atoms with van der Waals surface area (Å²) in [5.41, 5.74) is 3.02. The number of carbonyl (C=O) groups excluding carboxylic acids is 1. The topological polar surface area (TPSA) is 62.7 Å². The minimum Gasteiger partial charge on any atom is -0.350 e. The van der Waals surface area contributed by atoms with Crippen molar-refractivity contribution in [3.05, 3.63) is 77.4 Å². The van der Waals surface area contributed by atoms with Gasteiger partial charge in [-0.1, -0.05) is 34.1 Å². The van der Waals surface area contributed by atoms with Crippen LogP contribution in [0.3, 0.4) is 0 Å². The first-order chi connectivity index (χ1) is 11.7. The van der Waals surface area contributed by atoms with E-state index in [1.165, 1.54) is 0 Å². The van der Waals surface area contributed by atoms with Crippen LogP contribution in [0.5, 0.6) is 0 Å². The molecule has 118 valence electrons.